The minimum absolute atomic E-state index is 0.00189. The van der Waals surface area contributed by atoms with E-state index in [2.05, 4.69) is 10.4 Å². The van der Waals surface area contributed by atoms with Gasteiger partial charge in [-0.1, -0.05) is 60.7 Å². The molecule has 30 heavy (non-hydrogen) atoms. The Morgan fingerprint density at radius 2 is 1.77 bits per heavy atom. The lowest BCUT2D eigenvalue weighted by Crippen LogP contribution is -2.38. The van der Waals surface area contributed by atoms with Gasteiger partial charge in [-0.2, -0.15) is 5.10 Å². The molecule has 0 saturated carbocycles. The highest BCUT2D eigenvalue weighted by molar-refractivity contribution is 6.03. The summed E-state index contributed by atoms with van der Waals surface area (Å²) in [6.07, 6.45) is 1.90. The molecule has 1 aliphatic rings. The Hall–Kier alpha value is -3.25. The van der Waals surface area contributed by atoms with Gasteiger partial charge in [-0.05, 0) is 25.3 Å². The van der Waals surface area contributed by atoms with Crippen LogP contribution in [0.15, 0.2) is 65.5 Å². The number of ether oxygens (including phenoxy) is 1. The number of hydrogen-bond donors (Lipinski definition) is 1. The lowest BCUT2D eigenvalue weighted by Gasteiger charge is -2.17. The number of hydrogen-bond acceptors (Lipinski definition) is 4. The van der Waals surface area contributed by atoms with Gasteiger partial charge in [-0.15, -0.1) is 0 Å². The maximum atomic E-state index is 13.3. The van der Waals surface area contributed by atoms with Gasteiger partial charge in [0.1, 0.15) is 5.56 Å². The third-order valence-corrected chi connectivity index (χ3v) is 5.31. The van der Waals surface area contributed by atoms with E-state index < -0.39 is 5.91 Å². The number of nitrogens with one attached hydrogen (secondary N) is 1. The summed E-state index contributed by atoms with van der Waals surface area (Å²) in [4.78, 5) is 26.5. The number of benzene rings is 2. The highest BCUT2D eigenvalue weighted by atomic mass is 16.5. The summed E-state index contributed by atoms with van der Waals surface area (Å²) in [5.41, 5.74) is 2.54. The summed E-state index contributed by atoms with van der Waals surface area (Å²) >= 11 is 0. The minimum Gasteiger partial charge on any atom is -0.376 e. The molecule has 1 atom stereocenters. The molecule has 0 aliphatic carbocycles. The molecule has 6 heteroatoms. The Labute approximate surface area is 175 Å². The Morgan fingerprint density at radius 3 is 2.37 bits per heavy atom. The van der Waals surface area contributed by atoms with Gasteiger partial charge in [-0.25, -0.2) is 4.68 Å². The molecule has 3 aromatic rings. The largest absolute Gasteiger partial charge is 0.376 e. The highest BCUT2D eigenvalue weighted by Crippen LogP contribution is 2.32. The van der Waals surface area contributed by atoms with Crippen molar-refractivity contribution in [2.75, 3.05) is 13.2 Å². The number of aryl methyl sites for hydroxylation is 1. The molecule has 0 spiro atoms. The zero-order valence-electron chi connectivity index (χ0n) is 17.0. The Bertz CT molecular complexity index is 1070. The maximum absolute atomic E-state index is 13.3. The Kier molecular flexibility index (Phi) is 6.05. The average Bonchev–Trinajstić information content (AvgIpc) is 3.32. The van der Waals surface area contributed by atoms with Gasteiger partial charge >= 0.3 is 0 Å². The molecule has 1 aliphatic heterocycles. The zero-order valence-corrected chi connectivity index (χ0v) is 17.0. The smallest absolute Gasteiger partial charge is 0.280 e. The molecule has 1 fully saturated rings. The van der Waals surface area contributed by atoms with Crippen molar-refractivity contribution < 1.29 is 9.53 Å². The van der Waals surface area contributed by atoms with Crippen LogP contribution in [0, 0.1) is 0 Å². The summed E-state index contributed by atoms with van der Waals surface area (Å²) in [5.74, 6) is -0.392. The van der Waals surface area contributed by atoms with E-state index in [1.165, 1.54) is 4.68 Å². The van der Waals surface area contributed by atoms with E-state index in [1.807, 2.05) is 67.6 Å². The molecule has 1 aromatic heterocycles. The average molecular weight is 403 g/mol. The molecule has 2 aromatic carbocycles. The second kappa shape index (κ2) is 9.05. The fourth-order valence-corrected chi connectivity index (χ4v) is 3.78. The number of amides is 1. The summed E-state index contributed by atoms with van der Waals surface area (Å²) in [6, 6.07) is 19.1. The normalized spacial score (nSPS) is 15.8. The number of carbonyl (C=O) groups is 1. The molecule has 0 bridgehead atoms. The van der Waals surface area contributed by atoms with Crippen LogP contribution in [0.1, 0.15) is 30.1 Å². The third kappa shape index (κ3) is 4.04. The fraction of sp³-hybridized carbons (Fsp3) is 0.292. The van der Waals surface area contributed by atoms with Crippen molar-refractivity contribution in [3.05, 3.63) is 76.6 Å². The SMILES string of the molecule is CCn1nc(-c2ccccc2)c(-c2ccccc2)c(C(=O)NC[C@H]2CCCO2)c1=O. The van der Waals surface area contributed by atoms with Crippen LogP contribution in [0.4, 0.5) is 0 Å². The van der Waals surface area contributed by atoms with Crippen molar-refractivity contribution in [3.63, 3.8) is 0 Å². The van der Waals surface area contributed by atoms with Gasteiger partial charge < -0.3 is 10.1 Å². The van der Waals surface area contributed by atoms with Gasteiger partial charge in [0.2, 0.25) is 0 Å². The molecule has 4 rings (SSSR count). The van der Waals surface area contributed by atoms with E-state index in [-0.39, 0.29) is 17.2 Å². The van der Waals surface area contributed by atoms with Crippen molar-refractivity contribution in [1.82, 2.24) is 15.1 Å². The van der Waals surface area contributed by atoms with Crippen molar-refractivity contribution >= 4 is 5.91 Å². The second-order valence-electron chi connectivity index (χ2n) is 7.30. The molecule has 1 N–H and O–H groups in total. The predicted molar refractivity (Wildman–Crippen MR) is 116 cm³/mol. The first-order chi connectivity index (χ1) is 14.7. The topological polar surface area (TPSA) is 73.2 Å². The van der Waals surface area contributed by atoms with Crippen LogP contribution in [0.3, 0.4) is 0 Å². The quantitative estimate of drug-likeness (QED) is 0.684. The van der Waals surface area contributed by atoms with E-state index >= 15 is 0 Å². The molecule has 0 radical (unpaired) electrons. The molecule has 1 saturated heterocycles. The summed E-state index contributed by atoms with van der Waals surface area (Å²) in [6.45, 7) is 3.33. The number of aromatic nitrogens is 2. The summed E-state index contributed by atoms with van der Waals surface area (Å²) < 4.78 is 6.97. The summed E-state index contributed by atoms with van der Waals surface area (Å²) in [5, 5.41) is 7.53. The van der Waals surface area contributed by atoms with Gasteiger partial charge in [0.15, 0.2) is 0 Å². The molecular formula is C24H25N3O3. The number of rotatable bonds is 6. The molecule has 154 valence electrons. The number of carbonyl (C=O) groups excluding carboxylic acids is 1. The van der Waals surface area contributed by atoms with E-state index in [0.29, 0.717) is 31.0 Å². The predicted octanol–water partition coefficient (Wildman–Crippen LogP) is 3.51. The zero-order chi connectivity index (χ0) is 20.9. The fourth-order valence-electron chi connectivity index (χ4n) is 3.78. The van der Waals surface area contributed by atoms with Crippen molar-refractivity contribution in [1.29, 1.82) is 0 Å². The lowest BCUT2D eigenvalue weighted by molar-refractivity contribution is 0.0856. The van der Waals surface area contributed by atoms with Crippen LogP contribution in [-0.4, -0.2) is 34.9 Å². The third-order valence-electron chi connectivity index (χ3n) is 5.31. The van der Waals surface area contributed by atoms with E-state index in [1.54, 1.807) is 0 Å². The van der Waals surface area contributed by atoms with Crippen LogP contribution in [0.5, 0.6) is 0 Å². The monoisotopic (exact) mass is 403 g/mol. The Balaban J connectivity index is 1.88. The minimum atomic E-state index is -0.392. The highest BCUT2D eigenvalue weighted by Gasteiger charge is 2.26. The first kappa shape index (κ1) is 20.0. The van der Waals surface area contributed by atoms with Crippen molar-refractivity contribution in [2.45, 2.75) is 32.4 Å². The molecule has 0 unspecified atom stereocenters. The number of nitrogens with zero attached hydrogens (tertiary/aromatic N) is 2. The summed E-state index contributed by atoms with van der Waals surface area (Å²) in [7, 11) is 0. The van der Waals surface area contributed by atoms with Crippen LogP contribution in [-0.2, 0) is 11.3 Å². The van der Waals surface area contributed by atoms with E-state index in [0.717, 1.165) is 24.0 Å². The first-order valence-electron chi connectivity index (χ1n) is 10.3. The van der Waals surface area contributed by atoms with Gasteiger partial charge in [-0.3, -0.25) is 9.59 Å². The van der Waals surface area contributed by atoms with Crippen LogP contribution < -0.4 is 10.9 Å². The van der Waals surface area contributed by atoms with E-state index in [9.17, 15) is 9.59 Å². The first-order valence-corrected chi connectivity index (χ1v) is 10.3. The van der Waals surface area contributed by atoms with Gasteiger partial charge in [0.05, 0.1) is 11.8 Å². The molecule has 1 amide bonds. The molecule has 2 heterocycles. The lowest BCUT2D eigenvalue weighted by atomic mass is 9.95. The van der Waals surface area contributed by atoms with Crippen LogP contribution >= 0.6 is 0 Å². The second-order valence-corrected chi connectivity index (χ2v) is 7.30. The van der Waals surface area contributed by atoms with Crippen LogP contribution in [0.25, 0.3) is 22.4 Å². The Morgan fingerprint density at radius 1 is 1.10 bits per heavy atom. The van der Waals surface area contributed by atoms with E-state index in [4.69, 9.17) is 4.74 Å². The maximum Gasteiger partial charge on any atom is 0.280 e. The van der Waals surface area contributed by atoms with Crippen molar-refractivity contribution in [2.24, 2.45) is 0 Å². The van der Waals surface area contributed by atoms with Gasteiger partial charge in [0, 0.05) is 30.8 Å². The van der Waals surface area contributed by atoms with Crippen molar-refractivity contribution in [3.8, 4) is 22.4 Å². The van der Waals surface area contributed by atoms with Crippen LogP contribution in [0.2, 0.25) is 0 Å². The molecular weight excluding hydrogens is 378 g/mol. The standard InChI is InChI=1S/C24H25N3O3/c1-2-27-24(29)21(23(28)25-16-19-14-9-15-30-19)20(17-10-5-3-6-11-17)22(26-27)18-12-7-4-8-13-18/h3-8,10-13,19H,2,9,14-16H2,1H3,(H,25,28)/t19-/m1/s1. The molecule has 6 nitrogen and oxygen atoms in total. The van der Waals surface area contributed by atoms with Gasteiger partial charge in [0.25, 0.3) is 11.5 Å².